The average molecular weight is 379 g/mol. The molecule has 0 radical (unpaired) electrons. The predicted molar refractivity (Wildman–Crippen MR) is 115 cm³/mol. The van der Waals surface area contributed by atoms with E-state index in [1.54, 1.807) is 18.8 Å². The van der Waals surface area contributed by atoms with Gasteiger partial charge >= 0.3 is 0 Å². The van der Waals surface area contributed by atoms with Gasteiger partial charge in [0.2, 0.25) is 0 Å². The molecule has 0 N–H and O–H groups in total. The summed E-state index contributed by atoms with van der Waals surface area (Å²) in [5, 5.41) is 3.09. The molecule has 0 fully saturated rings. The van der Waals surface area contributed by atoms with E-state index in [0.29, 0.717) is 0 Å². The smallest absolute Gasteiger partial charge is 0.136 e. The highest BCUT2D eigenvalue weighted by Crippen LogP contribution is 2.46. The number of furan rings is 3. The second-order valence-electron chi connectivity index (χ2n) is 7.19. The molecule has 0 bridgehead atoms. The van der Waals surface area contributed by atoms with Crippen molar-refractivity contribution in [1.82, 2.24) is 0 Å². The molecule has 4 heteroatoms. The summed E-state index contributed by atoms with van der Waals surface area (Å²) < 4.78 is 17.7. The number of anilines is 3. The summed E-state index contributed by atoms with van der Waals surface area (Å²) in [5.74, 6) is 0. The molecule has 3 aromatic carbocycles. The second-order valence-corrected chi connectivity index (χ2v) is 7.19. The number of nitrogens with zero attached hydrogens (tertiary/aromatic N) is 1. The number of benzene rings is 3. The van der Waals surface area contributed by atoms with Crippen LogP contribution in [0.4, 0.5) is 17.1 Å². The van der Waals surface area contributed by atoms with E-state index in [1.807, 2.05) is 36.4 Å². The van der Waals surface area contributed by atoms with Crippen molar-refractivity contribution in [2.24, 2.45) is 0 Å². The normalized spacial score (nSPS) is 11.6. The first-order valence-corrected chi connectivity index (χ1v) is 9.50. The van der Waals surface area contributed by atoms with E-state index in [1.165, 1.54) is 0 Å². The fourth-order valence-corrected chi connectivity index (χ4v) is 3.96. The van der Waals surface area contributed by atoms with Gasteiger partial charge in [-0.05, 0) is 48.9 Å². The van der Waals surface area contributed by atoms with Gasteiger partial charge in [-0.3, -0.25) is 4.90 Å². The zero-order valence-corrected chi connectivity index (χ0v) is 15.8. The average Bonchev–Trinajstić information content (AvgIpc) is 3.47. The summed E-state index contributed by atoms with van der Waals surface area (Å²) in [6, 6.07) is 22.3. The number of fused-ring (bicyclic) bond motifs is 3. The summed E-state index contributed by atoms with van der Waals surface area (Å²) in [5.41, 5.74) is 6.51. The molecular weight excluding hydrogens is 362 g/mol. The SMILES string of the molecule is Cc1ccc2c(N(c3coc4ccccc34)c3coc4ccccc34)coc2c1. The number of para-hydroxylation sites is 2. The quantitative estimate of drug-likeness (QED) is 0.316. The van der Waals surface area contributed by atoms with Gasteiger partial charge in [0.05, 0.1) is 17.1 Å². The van der Waals surface area contributed by atoms with E-state index in [0.717, 1.165) is 55.5 Å². The molecule has 0 aliphatic rings. The Morgan fingerprint density at radius 1 is 0.552 bits per heavy atom. The van der Waals surface area contributed by atoms with Crippen molar-refractivity contribution in [3.63, 3.8) is 0 Å². The summed E-state index contributed by atoms with van der Waals surface area (Å²) in [6.45, 7) is 2.06. The lowest BCUT2D eigenvalue weighted by atomic mass is 10.1. The summed E-state index contributed by atoms with van der Waals surface area (Å²) in [7, 11) is 0. The Labute approximate surface area is 166 Å². The number of rotatable bonds is 3. The largest absolute Gasteiger partial charge is 0.462 e. The molecule has 0 unspecified atom stereocenters. The van der Waals surface area contributed by atoms with Crippen LogP contribution in [-0.4, -0.2) is 0 Å². The molecule has 0 aliphatic heterocycles. The third kappa shape index (κ3) is 2.39. The Morgan fingerprint density at radius 3 is 1.62 bits per heavy atom. The molecular formula is C25H17NO3. The zero-order chi connectivity index (χ0) is 19.4. The molecule has 29 heavy (non-hydrogen) atoms. The molecule has 3 heterocycles. The Bertz CT molecular complexity index is 1410. The standard InChI is InChI=1S/C25H17NO3/c1-16-10-11-19-22(15-29-25(19)12-16)26(20-13-27-23-8-4-2-6-17(20)23)21-14-28-24-9-5-3-7-18(21)24/h2-15H,1H3. The molecule has 0 aliphatic carbocycles. The van der Waals surface area contributed by atoms with Gasteiger partial charge in [-0.2, -0.15) is 0 Å². The van der Waals surface area contributed by atoms with E-state index >= 15 is 0 Å². The van der Waals surface area contributed by atoms with Gasteiger partial charge < -0.3 is 13.3 Å². The third-order valence-electron chi connectivity index (χ3n) is 5.35. The van der Waals surface area contributed by atoms with Crippen LogP contribution in [0.2, 0.25) is 0 Å². The maximum Gasteiger partial charge on any atom is 0.136 e. The Balaban J connectivity index is 1.68. The minimum Gasteiger partial charge on any atom is -0.462 e. The molecule has 0 atom stereocenters. The molecule has 3 aromatic heterocycles. The lowest BCUT2D eigenvalue weighted by molar-refractivity contribution is 0.611. The molecule has 6 aromatic rings. The van der Waals surface area contributed by atoms with Crippen LogP contribution in [0.5, 0.6) is 0 Å². The van der Waals surface area contributed by atoms with Crippen molar-refractivity contribution >= 4 is 50.0 Å². The first-order chi connectivity index (χ1) is 14.3. The van der Waals surface area contributed by atoms with Crippen LogP contribution in [0.15, 0.2) is 98.8 Å². The first-order valence-electron chi connectivity index (χ1n) is 9.50. The first kappa shape index (κ1) is 16.1. The molecule has 0 saturated carbocycles. The minimum absolute atomic E-state index is 0.837. The monoisotopic (exact) mass is 379 g/mol. The van der Waals surface area contributed by atoms with Gasteiger partial charge in [0.25, 0.3) is 0 Å². The van der Waals surface area contributed by atoms with Gasteiger partial charge in [-0.1, -0.05) is 30.3 Å². The van der Waals surface area contributed by atoms with Crippen molar-refractivity contribution in [3.05, 3.63) is 91.1 Å². The summed E-state index contributed by atoms with van der Waals surface area (Å²) in [6.07, 6.45) is 5.38. The van der Waals surface area contributed by atoms with E-state index in [-0.39, 0.29) is 0 Å². The molecule has 4 nitrogen and oxygen atoms in total. The van der Waals surface area contributed by atoms with Crippen LogP contribution >= 0.6 is 0 Å². The molecule has 0 saturated heterocycles. The van der Waals surface area contributed by atoms with Crippen LogP contribution in [0.3, 0.4) is 0 Å². The van der Waals surface area contributed by atoms with E-state index in [2.05, 4.69) is 42.2 Å². The topological polar surface area (TPSA) is 42.7 Å². The lowest BCUT2D eigenvalue weighted by Gasteiger charge is -2.21. The molecule has 140 valence electrons. The van der Waals surface area contributed by atoms with Crippen LogP contribution in [0.1, 0.15) is 5.56 Å². The fraction of sp³-hybridized carbons (Fsp3) is 0.0400. The predicted octanol–water partition coefficient (Wildman–Crippen LogP) is 7.70. The van der Waals surface area contributed by atoms with Crippen molar-refractivity contribution in [3.8, 4) is 0 Å². The number of hydrogen-bond acceptors (Lipinski definition) is 4. The molecule has 0 spiro atoms. The van der Waals surface area contributed by atoms with Gasteiger partial charge in [-0.25, -0.2) is 0 Å². The number of aryl methyl sites for hydroxylation is 1. The van der Waals surface area contributed by atoms with E-state index in [9.17, 15) is 0 Å². The number of hydrogen-bond donors (Lipinski definition) is 0. The van der Waals surface area contributed by atoms with Crippen molar-refractivity contribution in [2.45, 2.75) is 6.92 Å². The highest BCUT2D eigenvalue weighted by Gasteiger charge is 2.24. The van der Waals surface area contributed by atoms with Crippen molar-refractivity contribution in [2.75, 3.05) is 4.90 Å². The molecule has 6 rings (SSSR count). The summed E-state index contributed by atoms with van der Waals surface area (Å²) in [4.78, 5) is 2.15. The van der Waals surface area contributed by atoms with Crippen LogP contribution < -0.4 is 4.90 Å². The maximum absolute atomic E-state index is 5.93. The lowest BCUT2D eigenvalue weighted by Crippen LogP contribution is -2.08. The highest BCUT2D eigenvalue weighted by atomic mass is 16.3. The Kier molecular flexibility index (Phi) is 3.35. The third-order valence-corrected chi connectivity index (χ3v) is 5.35. The van der Waals surface area contributed by atoms with Crippen molar-refractivity contribution < 1.29 is 13.3 Å². The Hall–Kier alpha value is -3.92. The van der Waals surface area contributed by atoms with Crippen LogP contribution in [0, 0.1) is 6.92 Å². The second kappa shape index (κ2) is 6.04. The van der Waals surface area contributed by atoms with Gasteiger partial charge in [-0.15, -0.1) is 0 Å². The van der Waals surface area contributed by atoms with Crippen LogP contribution in [0.25, 0.3) is 32.9 Å². The van der Waals surface area contributed by atoms with Crippen LogP contribution in [-0.2, 0) is 0 Å². The van der Waals surface area contributed by atoms with E-state index < -0.39 is 0 Å². The van der Waals surface area contributed by atoms with E-state index in [4.69, 9.17) is 13.3 Å². The summed E-state index contributed by atoms with van der Waals surface area (Å²) >= 11 is 0. The van der Waals surface area contributed by atoms with Gasteiger partial charge in [0.15, 0.2) is 0 Å². The minimum atomic E-state index is 0.837. The maximum atomic E-state index is 5.93. The Morgan fingerprint density at radius 2 is 1.03 bits per heavy atom. The van der Waals surface area contributed by atoms with Gasteiger partial charge in [0, 0.05) is 16.2 Å². The van der Waals surface area contributed by atoms with Gasteiger partial charge in [0.1, 0.15) is 35.5 Å². The fourth-order valence-electron chi connectivity index (χ4n) is 3.96. The zero-order valence-electron chi connectivity index (χ0n) is 15.8. The highest BCUT2D eigenvalue weighted by molar-refractivity contribution is 6.07. The molecule has 0 amide bonds. The van der Waals surface area contributed by atoms with Crippen molar-refractivity contribution in [1.29, 1.82) is 0 Å².